The average Bonchev–Trinajstić information content (AvgIpc) is 2.85. The third-order valence-corrected chi connectivity index (χ3v) is 3.18. The highest BCUT2D eigenvalue weighted by Crippen LogP contribution is 2.19. The van der Waals surface area contributed by atoms with Crippen LogP contribution in [-0.2, 0) is 0 Å². The highest BCUT2D eigenvalue weighted by molar-refractivity contribution is 7.08. The van der Waals surface area contributed by atoms with E-state index < -0.39 is 0 Å². The summed E-state index contributed by atoms with van der Waals surface area (Å²) < 4.78 is 0. The minimum absolute atomic E-state index is 0.158. The van der Waals surface area contributed by atoms with Gasteiger partial charge in [0.15, 0.2) is 0 Å². The molecule has 0 bridgehead atoms. The third-order valence-electron chi connectivity index (χ3n) is 2.50. The van der Waals surface area contributed by atoms with Gasteiger partial charge in [-0.25, -0.2) is 0 Å². The predicted molar refractivity (Wildman–Crippen MR) is 75.6 cm³/mol. The highest BCUT2D eigenvalue weighted by atomic mass is 32.1. The molecule has 0 atom stereocenters. The van der Waals surface area contributed by atoms with Crippen molar-refractivity contribution >= 4 is 34.3 Å². The number of nitrogens with two attached hydrogens (primary N) is 1. The van der Waals surface area contributed by atoms with Crippen LogP contribution >= 0.6 is 11.3 Å². The van der Waals surface area contributed by atoms with E-state index in [1.807, 2.05) is 5.38 Å². The van der Waals surface area contributed by atoms with E-state index in [0.29, 0.717) is 28.2 Å². The van der Waals surface area contributed by atoms with Gasteiger partial charge in [0.2, 0.25) is 0 Å². The number of anilines is 2. The SMILES string of the molecule is CC(=N)c1cc(NC(=O)c2ccsc2)ccc1N. The smallest absolute Gasteiger partial charge is 0.256 e. The van der Waals surface area contributed by atoms with Gasteiger partial charge in [0.1, 0.15) is 0 Å². The van der Waals surface area contributed by atoms with Crippen LogP contribution in [0.5, 0.6) is 0 Å². The van der Waals surface area contributed by atoms with Crippen LogP contribution in [0.2, 0.25) is 0 Å². The van der Waals surface area contributed by atoms with Crippen LogP contribution in [0.3, 0.4) is 0 Å². The summed E-state index contributed by atoms with van der Waals surface area (Å²) >= 11 is 1.47. The third kappa shape index (κ3) is 2.57. The van der Waals surface area contributed by atoms with Gasteiger partial charge in [-0.3, -0.25) is 4.79 Å². The van der Waals surface area contributed by atoms with E-state index in [1.54, 1.807) is 36.6 Å². The van der Waals surface area contributed by atoms with Gasteiger partial charge in [0, 0.05) is 28.0 Å². The van der Waals surface area contributed by atoms with Crippen LogP contribution in [-0.4, -0.2) is 11.6 Å². The summed E-state index contributed by atoms with van der Waals surface area (Å²) in [5.41, 5.74) is 8.58. The lowest BCUT2D eigenvalue weighted by Gasteiger charge is -2.08. The molecular weight excluding hydrogens is 246 g/mol. The Morgan fingerprint density at radius 1 is 1.39 bits per heavy atom. The van der Waals surface area contributed by atoms with E-state index in [-0.39, 0.29) is 5.91 Å². The zero-order valence-corrected chi connectivity index (χ0v) is 10.7. The van der Waals surface area contributed by atoms with E-state index >= 15 is 0 Å². The van der Waals surface area contributed by atoms with Gasteiger partial charge in [0.25, 0.3) is 5.91 Å². The average molecular weight is 259 g/mol. The number of benzene rings is 1. The molecule has 0 spiro atoms. The van der Waals surface area contributed by atoms with Crippen LogP contribution in [0, 0.1) is 5.41 Å². The molecule has 92 valence electrons. The van der Waals surface area contributed by atoms with Gasteiger partial charge in [-0.15, -0.1) is 0 Å². The highest BCUT2D eigenvalue weighted by Gasteiger charge is 2.08. The topological polar surface area (TPSA) is 79.0 Å². The van der Waals surface area contributed by atoms with Crippen LogP contribution in [0.25, 0.3) is 0 Å². The maximum absolute atomic E-state index is 11.9. The Bertz CT molecular complexity index is 590. The number of carbonyl (C=O) groups excluding carboxylic acids is 1. The van der Waals surface area contributed by atoms with Crippen LogP contribution < -0.4 is 11.1 Å². The van der Waals surface area contributed by atoms with E-state index in [1.165, 1.54) is 11.3 Å². The molecule has 1 heterocycles. The number of nitrogen functional groups attached to an aromatic ring is 1. The molecule has 0 saturated heterocycles. The molecule has 0 aliphatic carbocycles. The Morgan fingerprint density at radius 3 is 2.78 bits per heavy atom. The number of amides is 1. The summed E-state index contributed by atoms with van der Waals surface area (Å²) in [6.07, 6.45) is 0. The molecule has 1 aromatic heterocycles. The van der Waals surface area contributed by atoms with E-state index in [0.717, 1.165) is 0 Å². The maximum Gasteiger partial charge on any atom is 0.256 e. The predicted octanol–water partition coefficient (Wildman–Crippen LogP) is 2.97. The van der Waals surface area contributed by atoms with Crippen molar-refractivity contribution in [3.63, 3.8) is 0 Å². The van der Waals surface area contributed by atoms with Crippen molar-refractivity contribution in [1.29, 1.82) is 5.41 Å². The fraction of sp³-hybridized carbons (Fsp3) is 0.0769. The molecule has 5 heteroatoms. The van der Waals surface area contributed by atoms with Crippen LogP contribution in [0.15, 0.2) is 35.0 Å². The number of carbonyl (C=O) groups is 1. The molecule has 2 rings (SSSR count). The van der Waals surface area contributed by atoms with Crippen molar-refractivity contribution in [3.05, 3.63) is 46.2 Å². The summed E-state index contributed by atoms with van der Waals surface area (Å²) in [6, 6.07) is 6.89. The quantitative estimate of drug-likeness (QED) is 0.585. The molecule has 18 heavy (non-hydrogen) atoms. The van der Waals surface area contributed by atoms with Crippen molar-refractivity contribution in [1.82, 2.24) is 0 Å². The summed E-state index contributed by atoms with van der Waals surface area (Å²) in [7, 11) is 0. The lowest BCUT2D eigenvalue weighted by atomic mass is 10.1. The summed E-state index contributed by atoms with van der Waals surface area (Å²) in [5, 5.41) is 14.0. The summed E-state index contributed by atoms with van der Waals surface area (Å²) in [5.74, 6) is -0.158. The molecule has 0 unspecified atom stereocenters. The van der Waals surface area contributed by atoms with Gasteiger partial charge >= 0.3 is 0 Å². The second-order valence-corrected chi connectivity index (χ2v) is 4.67. The molecule has 4 N–H and O–H groups in total. The van der Waals surface area contributed by atoms with Crippen LogP contribution in [0.1, 0.15) is 22.8 Å². The van der Waals surface area contributed by atoms with Gasteiger partial charge in [-0.2, -0.15) is 11.3 Å². The molecule has 1 amide bonds. The van der Waals surface area contributed by atoms with Gasteiger partial charge in [0.05, 0.1) is 5.56 Å². The largest absolute Gasteiger partial charge is 0.398 e. The van der Waals surface area contributed by atoms with E-state index in [2.05, 4.69) is 5.32 Å². The first-order valence-corrected chi connectivity index (χ1v) is 6.31. The molecule has 4 nitrogen and oxygen atoms in total. The first kappa shape index (κ1) is 12.3. The first-order valence-electron chi connectivity index (χ1n) is 5.36. The second-order valence-electron chi connectivity index (χ2n) is 3.89. The van der Waals surface area contributed by atoms with Crippen molar-refractivity contribution < 1.29 is 4.79 Å². The molecule has 0 aliphatic rings. The summed E-state index contributed by atoms with van der Waals surface area (Å²) in [4.78, 5) is 11.9. The minimum Gasteiger partial charge on any atom is -0.398 e. The zero-order chi connectivity index (χ0) is 13.1. The molecule has 0 fully saturated rings. The summed E-state index contributed by atoms with van der Waals surface area (Å²) in [6.45, 7) is 1.66. The number of hydrogen-bond donors (Lipinski definition) is 3. The van der Waals surface area contributed by atoms with Crippen molar-refractivity contribution in [2.75, 3.05) is 11.1 Å². The number of nitrogens with one attached hydrogen (secondary N) is 2. The molecule has 0 aliphatic heterocycles. The Kier molecular flexibility index (Phi) is 3.43. The van der Waals surface area contributed by atoms with Crippen molar-refractivity contribution in [3.8, 4) is 0 Å². The fourth-order valence-corrected chi connectivity index (χ4v) is 2.19. The Morgan fingerprint density at radius 2 is 2.17 bits per heavy atom. The van der Waals surface area contributed by atoms with Crippen LogP contribution in [0.4, 0.5) is 11.4 Å². The molecule has 1 aromatic carbocycles. The Labute approximate surface area is 109 Å². The lowest BCUT2D eigenvalue weighted by molar-refractivity contribution is 0.102. The minimum atomic E-state index is -0.158. The van der Waals surface area contributed by atoms with Crippen molar-refractivity contribution in [2.24, 2.45) is 0 Å². The maximum atomic E-state index is 11.9. The Hall–Kier alpha value is -2.14. The number of thiophene rings is 1. The van der Waals surface area contributed by atoms with Crippen molar-refractivity contribution in [2.45, 2.75) is 6.92 Å². The lowest BCUT2D eigenvalue weighted by Crippen LogP contribution is -2.11. The molecule has 0 saturated carbocycles. The second kappa shape index (κ2) is 5.01. The molecule has 0 radical (unpaired) electrons. The Balaban J connectivity index is 2.22. The number of hydrogen-bond acceptors (Lipinski definition) is 4. The van der Waals surface area contributed by atoms with Gasteiger partial charge in [-0.1, -0.05) is 0 Å². The van der Waals surface area contributed by atoms with E-state index in [9.17, 15) is 4.79 Å². The number of rotatable bonds is 3. The van der Waals surface area contributed by atoms with E-state index in [4.69, 9.17) is 11.1 Å². The molecule has 2 aromatic rings. The normalized spacial score (nSPS) is 10.1. The zero-order valence-electron chi connectivity index (χ0n) is 9.86. The van der Waals surface area contributed by atoms with Gasteiger partial charge in [-0.05, 0) is 36.6 Å². The standard InChI is InChI=1S/C13H13N3OS/c1-8(14)11-6-10(2-3-12(11)15)16-13(17)9-4-5-18-7-9/h2-7,14H,15H2,1H3,(H,16,17). The first-order chi connectivity index (χ1) is 8.58. The van der Waals surface area contributed by atoms with Gasteiger partial charge < -0.3 is 16.5 Å². The molecular formula is C13H13N3OS. The fourth-order valence-electron chi connectivity index (χ4n) is 1.56. The monoisotopic (exact) mass is 259 g/mol.